The Balaban J connectivity index is 2.37. The van der Waals surface area contributed by atoms with Crippen LogP contribution in [0.3, 0.4) is 0 Å². The fraction of sp³-hybridized carbons (Fsp3) is 0.500. The summed E-state index contributed by atoms with van der Waals surface area (Å²) in [5.74, 6) is 1.03. The van der Waals surface area contributed by atoms with E-state index in [1.807, 2.05) is 11.8 Å². The maximum atomic E-state index is 5.95. The molecule has 0 aliphatic heterocycles. The molecule has 0 aromatic heterocycles. The SMILES string of the molecule is CCC[C@@H](N)CSc1cccc(C)c1. The Kier molecular flexibility index (Phi) is 5.05. The van der Waals surface area contributed by atoms with Crippen molar-refractivity contribution in [1.29, 1.82) is 0 Å². The van der Waals surface area contributed by atoms with Gasteiger partial charge in [-0.3, -0.25) is 0 Å². The van der Waals surface area contributed by atoms with Crippen LogP contribution in [0.1, 0.15) is 25.3 Å². The zero-order valence-electron chi connectivity index (χ0n) is 8.99. The molecule has 1 aromatic rings. The third-order valence-electron chi connectivity index (χ3n) is 2.11. The summed E-state index contributed by atoms with van der Waals surface area (Å²) < 4.78 is 0. The summed E-state index contributed by atoms with van der Waals surface area (Å²) in [7, 11) is 0. The molecule has 0 radical (unpaired) electrons. The summed E-state index contributed by atoms with van der Waals surface area (Å²) >= 11 is 1.86. The van der Waals surface area contributed by atoms with Crippen molar-refractivity contribution in [2.45, 2.75) is 37.6 Å². The molecule has 0 fully saturated rings. The zero-order chi connectivity index (χ0) is 10.4. The first-order chi connectivity index (χ1) is 6.72. The first-order valence-corrected chi connectivity index (χ1v) is 6.16. The van der Waals surface area contributed by atoms with Crippen molar-refractivity contribution in [1.82, 2.24) is 0 Å². The molecule has 0 aliphatic rings. The molecule has 2 N–H and O–H groups in total. The van der Waals surface area contributed by atoms with Gasteiger partial charge in [0.15, 0.2) is 0 Å². The Morgan fingerprint density at radius 3 is 2.86 bits per heavy atom. The van der Waals surface area contributed by atoms with E-state index in [1.54, 1.807) is 0 Å². The largest absolute Gasteiger partial charge is 0.327 e. The Bertz CT molecular complexity index is 273. The average Bonchev–Trinajstić information content (AvgIpc) is 2.15. The van der Waals surface area contributed by atoms with Crippen LogP contribution < -0.4 is 5.73 Å². The third-order valence-corrected chi connectivity index (χ3v) is 3.30. The molecule has 0 saturated carbocycles. The van der Waals surface area contributed by atoms with E-state index in [9.17, 15) is 0 Å². The van der Waals surface area contributed by atoms with Gasteiger partial charge in [-0.2, -0.15) is 0 Å². The number of hydrogen-bond donors (Lipinski definition) is 1. The standard InChI is InChI=1S/C12H19NS/c1-3-5-11(13)9-14-12-7-4-6-10(2)8-12/h4,6-8,11H,3,5,9,13H2,1-2H3/t11-/m1/s1. The van der Waals surface area contributed by atoms with E-state index in [4.69, 9.17) is 5.73 Å². The van der Waals surface area contributed by atoms with Crippen molar-refractivity contribution in [3.05, 3.63) is 29.8 Å². The lowest BCUT2D eigenvalue weighted by Gasteiger charge is -2.09. The van der Waals surface area contributed by atoms with Crippen LogP contribution >= 0.6 is 11.8 Å². The van der Waals surface area contributed by atoms with Crippen molar-refractivity contribution < 1.29 is 0 Å². The minimum atomic E-state index is 0.338. The predicted molar refractivity (Wildman–Crippen MR) is 64.8 cm³/mol. The molecule has 0 aliphatic carbocycles. The summed E-state index contributed by atoms with van der Waals surface area (Å²) in [6, 6.07) is 8.92. The summed E-state index contributed by atoms with van der Waals surface area (Å²) in [4.78, 5) is 1.33. The van der Waals surface area contributed by atoms with Crippen LogP contribution in [0.15, 0.2) is 29.2 Å². The second kappa shape index (κ2) is 6.10. The van der Waals surface area contributed by atoms with Gasteiger partial charge in [0, 0.05) is 16.7 Å². The Morgan fingerprint density at radius 1 is 1.43 bits per heavy atom. The zero-order valence-corrected chi connectivity index (χ0v) is 9.81. The second-order valence-corrected chi connectivity index (χ2v) is 4.77. The first-order valence-electron chi connectivity index (χ1n) is 5.17. The number of thioether (sulfide) groups is 1. The minimum Gasteiger partial charge on any atom is -0.327 e. The van der Waals surface area contributed by atoms with Crippen LogP contribution in [0.4, 0.5) is 0 Å². The van der Waals surface area contributed by atoms with E-state index in [2.05, 4.69) is 38.1 Å². The Hall–Kier alpha value is -0.470. The highest BCUT2D eigenvalue weighted by molar-refractivity contribution is 7.99. The van der Waals surface area contributed by atoms with E-state index in [-0.39, 0.29) is 0 Å². The van der Waals surface area contributed by atoms with Crippen molar-refractivity contribution in [2.75, 3.05) is 5.75 Å². The van der Waals surface area contributed by atoms with Gasteiger partial charge in [0.2, 0.25) is 0 Å². The van der Waals surface area contributed by atoms with E-state index in [0.29, 0.717) is 6.04 Å². The smallest absolute Gasteiger partial charge is 0.0133 e. The normalized spacial score (nSPS) is 12.8. The highest BCUT2D eigenvalue weighted by Crippen LogP contribution is 2.20. The molecule has 0 unspecified atom stereocenters. The maximum absolute atomic E-state index is 5.95. The van der Waals surface area contributed by atoms with Gasteiger partial charge in [-0.1, -0.05) is 31.0 Å². The molecule has 1 aromatic carbocycles. The fourth-order valence-electron chi connectivity index (χ4n) is 1.36. The number of rotatable bonds is 5. The Morgan fingerprint density at radius 2 is 2.21 bits per heavy atom. The monoisotopic (exact) mass is 209 g/mol. The van der Waals surface area contributed by atoms with E-state index >= 15 is 0 Å². The first kappa shape index (κ1) is 11.6. The van der Waals surface area contributed by atoms with Crippen LogP contribution in [0.2, 0.25) is 0 Å². The number of benzene rings is 1. The lowest BCUT2D eigenvalue weighted by atomic mass is 10.2. The average molecular weight is 209 g/mol. The van der Waals surface area contributed by atoms with Crippen molar-refractivity contribution in [2.24, 2.45) is 5.73 Å². The van der Waals surface area contributed by atoms with Gasteiger partial charge in [0.25, 0.3) is 0 Å². The van der Waals surface area contributed by atoms with E-state index < -0.39 is 0 Å². The van der Waals surface area contributed by atoms with Crippen LogP contribution in [0, 0.1) is 6.92 Å². The van der Waals surface area contributed by atoms with Crippen LogP contribution in [0.25, 0.3) is 0 Å². The molecule has 1 rings (SSSR count). The van der Waals surface area contributed by atoms with Gasteiger partial charge in [-0.05, 0) is 25.5 Å². The Labute approximate surface area is 91.1 Å². The molecule has 0 heterocycles. The minimum absolute atomic E-state index is 0.338. The summed E-state index contributed by atoms with van der Waals surface area (Å²) in [5, 5.41) is 0. The maximum Gasteiger partial charge on any atom is 0.0133 e. The molecule has 78 valence electrons. The number of aryl methyl sites for hydroxylation is 1. The highest BCUT2D eigenvalue weighted by atomic mass is 32.2. The third kappa shape index (κ3) is 4.16. The molecule has 1 atom stereocenters. The lowest BCUT2D eigenvalue weighted by Crippen LogP contribution is -2.22. The lowest BCUT2D eigenvalue weighted by molar-refractivity contribution is 0.661. The van der Waals surface area contributed by atoms with E-state index in [0.717, 1.165) is 12.2 Å². The molecular weight excluding hydrogens is 190 g/mol. The number of hydrogen-bond acceptors (Lipinski definition) is 2. The second-order valence-electron chi connectivity index (χ2n) is 3.68. The van der Waals surface area contributed by atoms with E-state index in [1.165, 1.54) is 16.9 Å². The van der Waals surface area contributed by atoms with Gasteiger partial charge in [-0.15, -0.1) is 11.8 Å². The van der Waals surface area contributed by atoms with Gasteiger partial charge in [0.05, 0.1) is 0 Å². The van der Waals surface area contributed by atoms with Crippen molar-refractivity contribution >= 4 is 11.8 Å². The highest BCUT2D eigenvalue weighted by Gasteiger charge is 2.01. The molecule has 1 nitrogen and oxygen atoms in total. The fourth-order valence-corrected chi connectivity index (χ4v) is 2.38. The quantitative estimate of drug-likeness (QED) is 0.754. The van der Waals surface area contributed by atoms with Crippen molar-refractivity contribution in [3.8, 4) is 0 Å². The van der Waals surface area contributed by atoms with Gasteiger partial charge < -0.3 is 5.73 Å². The molecule has 0 saturated heterocycles. The topological polar surface area (TPSA) is 26.0 Å². The summed E-state index contributed by atoms with van der Waals surface area (Å²) in [6.45, 7) is 4.30. The van der Waals surface area contributed by atoms with Crippen LogP contribution in [-0.4, -0.2) is 11.8 Å². The summed E-state index contributed by atoms with van der Waals surface area (Å²) in [5.41, 5.74) is 7.27. The number of nitrogens with two attached hydrogens (primary N) is 1. The molecule has 0 bridgehead atoms. The molecule has 0 spiro atoms. The molecule has 2 heteroatoms. The van der Waals surface area contributed by atoms with Crippen molar-refractivity contribution in [3.63, 3.8) is 0 Å². The van der Waals surface area contributed by atoms with Crippen LogP contribution in [-0.2, 0) is 0 Å². The molecule has 14 heavy (non-hydrogen) atoms. The van der Waals surface area contributed by atoms with Gasteiger partial charge >= 0.3 is 0 Å². The molecular formula is C12H19NS. The van der Waals surface area contributed by atoms with Gasteiger partial charge in [-0.25, -0.2) is 0 Å². The molecule has 0 amide bonds. The summed E-state index contributed by atoms with van der Waals surface area (Å²) in [6.07, 6.45) is 2.30. The predicted octanol–water partition coefficient (Wildman–Crippen LogP) is 3.21. The van der Waals surface area contributed by atoms with Gasteiger partial charge in [0.1, 0.15) is 0 Å². The van der Waals surface area contributed by atoms with Crippen LogP contribution in [0.5, 0.6) is 0 Å².